The summed E-state index contributed by atoms with van der Waals surface area (Å²) in [5.74, 6) is -0.552. The van der Waals surface area contributed by atoms with E-state index in [1.165, 1.54) is 0 Å². The van der Waals surface area contributed by atoms with Gasteiger partial charge in [0.2, 0.25) is 0 Å². The van der Waals surface area contributed by atoms with E-state index in [-0.39, 0.29) is 6.54 Å². The van der Waals surface area contributed by atoms with Crippen molar-refractivity contribution in [2.45, 2.75) is 13.0 Å². The normalized spacial score (nSPS) is 9.96. The smallest absolute Gasteiger partial charge is 0.309 e. The van der Waals surface area contributed by atoms with Crippen LogP contribution in [0.25, 0.3) is 0 Å². The van der Waals surface area contributed by atoms with Gasteiger partial charge >= 0.3 is 11.8 Å². The number of hydrogen-bond donors (Lipinski definition) is 2. The number of benzene rings is 1. The number of carbonyl (C=O) groups excluding carboxylic acids is 2. The Morgan fingerprint density at radius 3 is 2.43 bits per heavy atom. The standard InChI is InChI=1S/C17H19N3O3/c1-23-15-7-5-13(6-8-15)12-20-17(22)16(21)19-11-9-14-4-2-3-10-18-14/h2-8,10H,9,11-12H2,1H3,(H,19,21)(H,20,22). The largest absolute Gasteiger partial charge is 0.497 e. The van der Waals surface area contributed by atoms with Crippen LogP contribution < -0.4 is 15.4 Å². The van der Waals surface area contributed by atoms with E-state index in [1.54, 1.807) is 25.4 Å². The molecule has 1 aromatic carbocycles. The third kappa shape index (κ3) is 5.43. The minimum absolute atomic E-state index is 0.288. The molecule has 0 saturated carbocycles. The number of carbonyl (C=O) groups is 2. The van der Waals surface area contributed by atoms with Gasteiger partial charge in [-0.2, -0.15) is 0 Å². The third-order valence-corrected chi connectivity index (χ3v) is 3.21. The van der Waals surface area contributed by atoms with Crippen molar-refractivity contribution in [2.75, 3.05) is 13.7 Å². The molecule has 1 aromatic heterocycles. The number of nitrogens with one attached hydrogen (secondary N) is 2. The molecule has 0 atom stereocenters. The second-order valence-electron chi connectivity index (χ2n) is 4.86. The number of methoxy groups -OCH3 is 1. The van der Waals surface area contributed by atoms with Crippen molar-refractivity contribution in [1.29, 1.82) is 0 Å². The molecule has 0 aliphatic carbocycles. The average molecular weight is 313 g/mol. The first-order chi connectivity index (χ1) is 11.2. The van der Waals surface area contributed by atoms with Gasteiger partial charge in [0.15, 0.2) is 0 Å². The van der Waals surface area contributed by atoms with Crippen LogP contribution in [0.15, 0.2) is 48.7 Å². The highest BCUT2D eigenvalue weighted by atomic mass is 16.5. The molecule has 1 heterocycles. The molecule has 2 rings (SSSR count). The molecular formula is C17H19N3O3. The molecule has 23 heavy (non-hydrogen) atoms. The van der Waals surface area contributed by atoms with Crippen molar-refractivity contribution in [3.8, 4) is 5.75 Å². The summed E-state index contributed by atoms with van der Waals surface area (Å²) in [4.78, 5) is 27.6. The minimum Gasteiger partial charge on any atom is -0.497 e. The molecule has 6 nitrogen and oxygen atoms in total. The summed E-state index contributed by atoms with van der Waals surface area (Å²) in [5.41, 5.74) is 1.76. The van der Waals surface area contributed by atoms with Crippen molar-refractivity contribution >= 4 is 11.8 Å². The van der Waals surface area contributed by atoms with Gasteiger partial charge in [-0.25, -0.2) is 0 Å². The van der Waals surface area contributed by atoms with E-state index in [0.29, 0.717) is 13.0 Å². The van der Waals surface area contributed by atoms with E-state index in [1.807, 2.05) is 30.3 Å². The molecule has 0 bridgehead atoms. The fourth-order valence-electron chi connectivity index (χ4n) is 1.94. The lowest BCUT2D eigenvalue weighted by atomic mass is 10.2. The van der Waals surface area contributed by atoms with Crippen LogP contribution in [-0.4, -0.2) is 30.5 Å². The fraction of sp³-hybridized carbons (Fsp3) is 0.235. The van der Waals surface area contributed by atoms with Gasteiger partial charge in [0.25, 0.3) is 0 Å². The van der Waals surface area contributed by atoms with Gasteiger partial charge in [0.05, 0.1) is 7.11 Å². The molecule has 6 heteroatoms. The van der Waals surface area contributed by atoms with Gasteiger partial charge in [0.1, 0.15) is 5.75 Å². The zero-order chi connectivity index (χ0) is 16.5. The summed E-state index contributed by atoms with van der Waals surface area (Å²) in [5, 5.41) is 5.15. The van der Waals surface area contributed by atoms with Crippen molar-refractivity contribution in [1.82, 2.24) is 15.6 Å². The lowest BCUT2D eigenvalue weighted by Gasteiger charge is -2.07. The second kappa shape index (κ2) is 8.53. The number of rotatable bonds is 6. The van der Waals surface area contributed by atoms with Gasteiger partial charge in [0, 0.05) is 31.4 Å². The third-order valence-electron chi connectivity index (χ3n) is 3.21. The van der Waals surface area contributed by atoms with Crippen LogP contribution in [0.4, 0.5) is 0 Å². The van der Waals surface area contributed by atoms with Crippen LogP contribution in [0, 0.1) is 0 Å². The number of nitrogens with zero attached hydrogens (tertiary/aromatic N) is 1. The summed E-state index contributed by atoms with van der Waals surface area (Å²) in [6.45, 7) is 0.655. The van der Waals surface area contributed by atoms with Crippen LogP contribution in [0.1, 0.15) is 11.3 Å². The Hall–Kier alpha value is -2.89. The van der Waals surface area contributed by atoms with Crippen molar-refractivity contribution < 1.29 is 14.3 Å². The maximum Gasteiger partial charge on any atom is 0.309 e. The quantitative estimate of drug-likeness (QED) is 0.782. The Labute approximate surface area is 134 Å². The molecule has 0 unspecified atom stereocenters. The molecule has 2 N–H and O–H groups in total. The van der Waals surface area contributed by atoms with Crippen LogP contribution in [0.3, 0.4) is 0 Å². The number of aromatic nitrogens is 1. The van der Waals surface area contributed by atoms with Gasteiger partial charge in [-0.3, -0.25) is 14.6 Å². The van der Waals surface area contributed by atoms with Gasteiger partial charge in [-0.05, 0) is 29.8 Å². The highest BCUT2D eigenvalue weighted by Crippen LogP contribution is 2.10. The summed E-state index contributed by atoms with van der Waals surface area (Å²) < 4.78 is 5.06. The summed E-state index contributed by atoms with van der Waals surface area (Å²) in [6, 6.07) is 12.8. The van der Waals surface area contributed by atoms with Crippen LogP contribution in [0.2, 0.25) is 0 Å². The van der Waals surface area contributed by atoms with Crippen molar-refractivity contribution in [2.24, 2.45) is 0 Å². The lowest BCUT2D eigenvalue weighted by Crippen LogP contribution is -2.40. The number of amides is 2. The summed E-state index contributed by atoms with van der Waals surface area (Å²) >= 11 is 0. The van der Waals surface area contributed by atoms with Gasteiger partial charge < -0.3 is 15.4 Å². The van der Waals surface area contributed by atoms with E-state index < -0.39 is 11.8 Å². The maximum atomic E-state index is 11.7. The second-order valence-corrected chi connectivity index (χ2v) is 4.86. The van der Waals surface area contributed by atoms with Gasteiger partial charge in [-0.1, -0.05) is 18.2 Å². The molecule has 120 valence electrons. The first-order valence-corrected chi connectivity index (χ1v) is 7.28. The van der Waals surface area contributed by atoms with Gasteiger partial charge in [-0.15, -0.1) is 0 Å². The number of hydrogen-bond acceptors (Lipinski definition) is 4. The zero-order valence-corrected chi connectivity index (χ0v) is 12.9. The molecule has 0 spiro atoms. The first kappa shape index (κ1) is 16.5. The van der Waals surface area contributed by atoms with Crippen LogP contribution in [-0.2, 0) is 22.6 Å². The average Bonchev–Trinajstić information content (AvgIpc) is 2.61. The summed E-state index contributed by atoms with van der Waals surface area (Å²) in [7, 11) is 1.59. The first-order valence-electron chi connectivity index (χ1n) is 7.28. The van der Waals surface area contributed by atoms with Crippen LogP contribution in [0.5, 0.6) is 5.75 Å². The fourth-order valence-corrected chi connectivity index (χ4v) is 1.94. The highest BCUT2D eigenvalue weighted by molar-refractivity contribution is 6.35. The molecule has 0 aliphatic rings. The molecule has 0 fully saturated rings. The maximum absolute atomic E-state index is 11.7. The predicted octanol–water partition coefficient (Wildman–Crippen LogP) is 1.07. The Morgan fingerprint density at radius 1 is 1.04 bits per heavy atom. The Balaban J connectivity index is 1.71. The van der Waals surface area contributed by atoms with Crippen molar-refractivity contribution in [3.63, 3.8) is 0 Å². The molecule has 0 saturated heterocycles. The lowest BCUT2D eigenvalue weighted by molar-refractivity contribution is -0.139. The number of pyridine rings is 1. The minimum atomic E-state index is -0.651. The topological polar surface area (TPSA) is 80.3 Å². The molecule has 0 aliphatic heterocycles. The molecule has 2 amide bonds. The van der Waals surface area contributed by atoms with Crippen LogP contribution >= 0.6 is 0 Å². The van der Waals surface area contributed by atoms with Crippen molar-refractivity contribution in [3.05, 3.63) is 59.9 Å². The van der Waals surface area contributed by atoms with E-state index in [2.05, 4.69) is 15.6 Å². The van der Waals surface area contributed by atoms with E-state index in [9.17, 15) is 9.59 Å². The van der Waals surface area contributed by atoms with E-state index in [4.69, 9.17) is 4.74 Å². The summed E-state index contributed by atoms with van der Waals surface area (Å²) in [6.07, 6.45) is 2.27. The molecule has 0 radical (unpaired) electrons. The molecular weight excluding hydrogens is 294 g/mol. The van der Waals surface area contributed by atoms with E-state index in [0.717, 1.165) is 17.0 Å². The Kier molecular flexibility index (Phi) is 6.11. The van der Waals surface area contributed by atoms with E-state index >= 15 is 0 Å². The Morgan fingerprint density at radius 2 is 1.78 bits per heavy atom. The highest BCUT2D eigenvalue weighted by Gasteiger charge is 2.12. The predicted molar refractivity (Wildman–Crippen MR) is 85.8 cm³/mol. The monoisotopic (exact) mass is 313 g/mol. The SMILES string of the molecule is COc1ccc(CNC(=O)C(=O)NCCc2ccccn2)cc1. The number of ether oxygens (including phenoxy) is 1. The Bertz CT molecular complexity index is 642. The molecule has 2 aromatic rings. The zero-order valence-electron chi connectivity index (χ0n) is 12.9.